The summed E-state index contributed by atoms with van der Waals surface area (Å²) in [5.74, 6) is -0.794. The molecule has 2 rings (SSSR count). The lowest BCUT2D eigenvalue weighted by atomic mass is 9.75. The Morgan fingerprint density at radius 1 is 1.50 bits per heavy atom. The molecule has 4 nitrogen and oxygen atoms in total. The number of rotatable bonds is 2. The van der Waals surface area contributed by atoms with E-state index in [1.54, 1.807) is 6.20 Å². The smallest absolute Gasteiger partial charge is 0.315 e. The Labute approximate surface area is 94.3 Å². The van der Waals surface area contributed by atoms with Crippen LogP contribution in [0.2, 0.25) is 0 Å². The molecule has 0 bridgehead atoms. The first-order chi connectivity index (χ1) is 7.67. The lowest BCUT2D eigenvalue weighted by Gasteiger charge is -2.33. The number of aliphatic carboxylic acids is 1. The zero-order valence-corrected chi connectivity index (χ0v) is 9.27. The molecule has 1 fully saturated rings. The molecule has 0 aliphatic carbocycles. The number of ether oxygens (including phenoxy) is 1. The highest BCUT2D eigenvalue weighted by atomic mass is 16.5. The van der Waals surface area contributed by atoms with Crippen molar-refractivity contribution in [2.24, 2.45) is 0 Å². The Balaban J connectivity index is 2.47. The van der Waals surface area contributed by atoms with E-state index in [2.05, 4.69) is 4.98 Å². The quantitative estimate of drug-likeness (QED) is 0.822. The first-order valence-electron chi connectivity index (χ1n) is 5.40. The highest BCUT2D eigenvalue weighted by molar-refractivity contribution is 5.81. The van der Waals surface area contributed by atoms with Crippen molar-refractivity contribution in [3.63, 3.8) is 0 Å². The summed E-state index contributed by atoms with van der Waals surface area (Å²) in [5.41, 5.74) is 0.765. The van der Waals surface area contributed by atoms with Crippen molar-refractivity contribution < 1.29 is 14.6 Å². The van der Waals surface area contributed by atoms with Crippen LogP contribution in [0, 0.1) is 6.92 Å². The number of nitrogens with zero attached hydrogens (tertiary/aromatic N) is 1. The highest BCUT2D eigenvalue weighted by Gasteiger charge is 2.43. The summed E-state index contributed by atoms with van der Waals surface area (Å²) in [6.07, 6.45) is 2.66. The highest BCUT2D eigenvalue weighted by Crippen LogP contribution is 2.35. The van der Waals surface area contributed by atoms with Gasteiger partial charge in [0.1, 0.15) is 5.41 Å². The topological polar surface area (TPSA) is 59.4 Å². The second-order valence-electron chi connectivity index (χ2n) is 4.17. The Bertz CT molecular complexity index is 397. The molecule has 0 radical (unpaired) electrons. The van der Waals surface area contributed by atoms with Crippen LogP contribution in [-0.4, -0.2) is 29.3 Å². The molecule has 0 aromatic carbocycles. The second kappa shape index (κ2) is 4.22. The summed E-state index contributed by atoms with van der Waals surface area (Å²) < 4.78 is 5.25. The average molecular weight is 221 g/mol. The summed E-state index contributed by atoms with van der Waals surface area (Å²) in [7, 11) is 0. The molecule has 0 saturated carbocycles. The van der Waals surface area contributed by atoms with Gasteiger partial charge in [0.15, 0.2) is 0 Å². The third-order valence-corrected chi connectivity index (χ3v) is 3.22. The number of hydrogen-bond acceptors (Lipinski definition) is 3. The first kappa shape index (κ1) is 11.1. The molecule has 1 aliphatic heterocycles. The van der Waals surface area contributed by atoms with Gasteiger partial charge in [-0.25, -0.2) is 0 Å². The molecule has 16 heavy (non-hydrogen) atoms. The summed E-state index contributed by atoms with van der Waals surface area (Å²) >= 11 is 0. The van der Waals surface area contributed by atoms with Crippen molar-refractivity contribution in [1.82, 2.24) is 4.98 Å². The summed E-state index contributed by atoms with van der Waals surface area (Å²) in [4.78, 5) is 15.8. The van der Waals surface area contributed by atoms with E-state index < -0.39 is 11.4 Å². The predicted octanol–water partition coefficient (Wildman–Crippen LogP) is 1.52. The second-order valence-corrected chi connectivity index (χ2v) is 4.17. The van der Waals surface area contributed by atoms with Crippen molar-refractivity contribution in [3.05, 3.63) is 29.6 Å². The number of carboxylic acid groups (broad SMARTS) is 1. The van der Waals surface area contributed by atoms with Gasteiger partial charge in [-0.3, -0.25) is 9.78 Å². The Morgan fingerprint density at radius 2 is 2.19 bits per heavy atom. The van der Waals surface area contributed by atoms with Crippen LogP contribution < -0.4 is 0 Å². The fraction of sp³-hybridized carbons (Fsp3) is 0.500. The Morgan fingerprint density at radius 3 is 2.75 bits per heavy atom. The minimum atomic E-state index is -0.858. The van der Waals surface area contributed by atoms with Crippen molar-refractivity contribution in [2.45, 2.75) is 25.2 Å². The zero-order chi connectivity index (χ0) is 11.6. The Hall–Kier alpha value is -1.42. The maximum absolute atomic E-state index is 11.5. The minimum Gasteiger partial charge on any atom is -0.481 e. The van der Waals surface area contributed by atoms with Gasteiger partial charge in [-0.15, -0.1) is 0 Å². The van der Waals surface area contributed by atoms with Crippen LogP contribution in [0.1, 0.15) is 24.1 Å². The van der Waals surface area contributed by atoms with Gasteiger partial charge in [-0.05, 0) is 31.4 Å². The van der Waals surface area contributed by atoms with Gasteiger partial charge in [0, 0.05) is 19.4 Å². The predicted molar refractivity (Wildman–Crippen MR) is 58.3 cm³/mol. The zero-order valence-electron chi connectivity index (χ0n) is 9.27. The monoisotopic (exact) mass is 221 g/mol. The van der Waals surface area contributed by atoms with E-state index in [-0.39, 0.29) is 0 Å². The van der Waals surface area contributed by atoms with E-state index in [4.69, 9.17) is 4.74 Å². The van der Waals surface area contributed by atoms with Gasteiger partial charge in [0.2, 0.25) is 0 Å². The molecular weight excluding hydrogens is 206 g/mol. The van der Waals surface area contributed by atoms with E-state index in [0.717, 1.165) is 5.56 Å². The molecule has 0 atom stereocenters. The summed E-state index contributed by atoms with van der Waals surface area (Å²) in [6.45, 7) is 2.88. The van der Waals surface area contributed by atoms with Crippen molar-refractivity contribution >= 4 is 5.97 Å². The van der Waals surface area contributed by atoms with Crippen LogP contribution in [0.4, 0.5) is 0 Å². The normalized spacial score (nSPS) is 19.3. The molecule has 1 saturated heterocycles. The van der Waals surface area contributed by atoms with E-state index >= 15 is 0 Å². The Kier molecular flexibility index (Phi) is 2.92. The minimum absolute atomic E-state index is 0.488. The standard InChI is InChI=1S/C12H15NO3/c1-9-3-2-6-13-10(9)12(11(14)15)4-7-16-8-5-12/h2-3,6H,4-5,7-8H2,1H3,(H,14,15). The van der Waals surface area contributed by atoms with Gasteiger partial charge in [0.25, 0.3) is 0 Å². The third-order valence-electron chi connectivity index (χ3n) is 3.22. The summed E-state index contributed by atoms with van der Waals surface area (Å²) in [5, 5.41) is 9.47. The number of hydrogen-bond donors (Lipinski definition) is 1. The maximum Gasteiger partial charge on any atom is 0.315 e. The van der Waals surface area contributed by atoms with E-state index in [9.17, 15) is 9.90 Å². The molecule has 1 aromatic rings. The molecule has 0 amide bonds. The number of aromatic nitrogens is 1. The molecule has 1 N–H and O–H groups in total. The molecule has 1 aromatic heterocycles. The number of aryl methyl sites for hydroxylation is 1. The summed E-state index contributed by atoms with van der Waals surface area (Å²) in [6, 6.07) is 3.73. The van der Waals surface area contributed by atoms with Crippen LogP contribution in [-0.2, 0) is 14.9 Å². The molecule has 0 spiro atoms. The lowest BCUT2D eigenvalue weighted by molar-refractivity contribution is -0.148. The largest absolute Gasteiger partial charge is 0.481 e. The number of carbonyl (C=O) groups is 1. The molecule has 0 unspecified atom stereocenters. The fourth-order valence-electron chi connectivity index (χ4n) is 2.26. The van der Waals surface area contributed by atoms with Crippen molar-refractivity contribution in [3.8, 4) is 0 Å². The lowest BCUT2D eigenvalue weighted by Crippen LogP contribution is -2.42. The van der Waals surface area contributed by atoms with E-state index in [1.807, 2.05) is 19.1 Å². The maximum atomic E-state index is 11.5. The van der Waals surface area contributed by atoms with Crippen LogP contribution in [0.15, 0.2) is 18.3 Å². The average Bonchev–Trinajstić information content (AvgIpc) is 2.30. The van der Waals surface area contributed by atoms with Crippen LogP contribution in [0.3, 0.4) is 0 Å². The fourth-order valence-corrected chi connectivity index (χ4v) is 2.26. The molecular formula is C12H15NO3. The van der Waals surface area contributed by atoms with Gasteiger partial charge in [0.05, 0.1) is 5.69 Å². The van der Waals surface area contributed by atoms with Crippen LogP contribution in [0.5, 0.6) is 0 Å². The van der Waals surface area contributed by atoms with Crippen LogP contribution in [0.25, 0.3) is 0 Å². The van der Waals surface area contributed by atoms with Gasteiger partial charge >= 0.3 is 5.97 Å². The van der Waals surface area contributed by atoms with Crippen LogP contribution >= 0.6 is 0 Å². The van der Waals surface area contributed by atoms with Crippen molar-refractivity contribution in [2.75, 3.05) is 13.2 Å². The van der Waals surface area contributed by atoms with Gasteiger partial charge < -0.3 is 9.84 Å². The number of pyridine rings is 1. The van der Waals surface area contributed by atoms with Gasteiger partial charge in [-0.1, -0.05) is 6.07 Å². The van der Waals surface area contributed by atoms with E-state index in [1.165, 1.54) is 0 Å². The van der Waals surface area contributed by atoms with Gasteiger partial charge in [-0.2, -0.15) is 0 Å². The molecule has 4 heteroatoms. The number of carboxylic acids is 1. The van der Waals surface area contributed by atoms with Crippen molar-refractivity contribution in [1.29, 1.82) is 0 Å². The molecule has 1 aliphatic rings. The first-order valence-corrected chi connectivity index (χ1v) is 5.40. The third kappa shape index (κ3) is 1.69. The molecule has 86 valence electrons. The van der Waals surface area contributed by atoms with E-state index in [0.29, 0.717) is 31.7 Å². The SMILES string of the molecule is Cc1cccnc1C1(C(=O)O)CCOCC1. The molecule has 2 heterocycles.